The quantitative estimate of drug-likeness (QED) is 0.760. The Balaban J connectivity index is 1.71. The predicted molar refractivity (Wildman–Crippen MR) is 105 cm³/mol. The number of ether oxygens (including phenoxy) is 1. The molecule has 8 heteroatoms. The molecule has 2 aromatic rings. The van der Waals surface area contributed by atoms with E-state index in [4.69, 9.17) is 21.2 Å². The second-order valence-electron chi connectivity index (χ2n) is 6.38. The molecule has 1 heterocycles. The average molecular weight is 411 g/mol. The third-order valence-electron chi connectivity index (χ3n) is 4.67. The van der Waals surface area contributed by atoms with Crippen molar-refractivity contribution >= 4 is 21.6 Å². The normalized spacial score (nSPS) is 20.7. The van der Waals surface area contributed by atoms with Crippen molar-refractivity contribution in [1.29, 1.82) is 0 Å². The summed E-state index contributed by atoms with van der Waals surface area (Å²) in [5, 5.41) is 1.42. The molecule has 0 aromatic heterocycles. The first-order chi connectivity index (χ1) is 12.9. The number of rotatable bonds is 7. The Morgan fingerprint density at radius 1 is 1.26 bits per heavy atom. The molecule has 0 amide bonds. The zero-order chi connectivity index (χ0) is 19.4. The molecule has 0 spiro atoms. The summed E-state index contributed by atoms with van der Waals surface area (Å²) in [4.78, 5) is 5.51. The van der Waals surface area contributed by atoms with Gasteiger partial charge in [-0.3, -0.25) is 4.84 Å². The standard InChI is InChI=1S/C19H23ClN2O4S/c1-22-19(15-7-5-8-16(20)12-15)18(13-26-22)27(23,24)21-11-10-14-6-3-4-9-17(14)25-2/h3-9,12,18-19,21H,10-11,13H2,1-2H3. The second kappa shape index (κ2) is 8.58. The minimum absolute atomic E-state index is 0.0949. The van der Waals surface area contributed by atoms with Gasteiger partial charge in [-0.05, 0) is 35.7 Å². The van der Waals surface area contributed by atoms with Crippen molar-refractivity contribution in [3.63, 3.8) is 0 Å². The van der Waals surface area contributed by atoms with Crippen molar-refractivity contribution < 1.29 is 18.0 Å². The number of hydroxylamine groups is 2. The molecule has 1 saturated heterocycles. The summed E-state index contributed by atoms with van der Waals surface area (Å²) in [6.45, 7) is 0.378. The molecule has 0 radical (unpaired) electrons. The van der Waals surface area contributed by atoms with E-state index < -0.39 is 21.3 Å². The summed E-state index contributed by atoms with van der Waals surface area (Å²) in [5.74, 6) is 0.748. The van der Waals surface area contributed by atoms with E-state index in [1.807, 2.05) is 36.4 Å². The Bertz CT molecular complexity index is 891. The molecule has 0 aliphatic carbocycles. The number of benzene rings is 2. The first-order valence-electron chi connectivity index (χ1n) is 8.64. The van der Waals surface area contributed by atoms with Gasteiger partial charge in [0.2, 0.25) is 10.0 Å². The van der Waals surface area contributed by atoms with Crippen LogP contribution >= 0.6 is 11.6 Å². The van der Waals surface area contributed by atoms with Crippen LogP contribution in [0.2, 0.25) is 5.02 Å². The third-order valence-corrected chi connectivity index (χ3v) is 6.70. The molecule has 2 atom stereocenters. The fourth-order valence-corrected chi connectivity index (χ4v) is 5.02. The van der Waals surface area contributed by atoms with Crippen LogP contribution in [0.3, 0.4) is 0 Å². The van der Waals surface area contributed by atoms with Crippen molar-refractivity contribution in [1.82, 2.24) is 9.79 Å². The van der Waals surface area contributed by atoms with Crippen LogP contribution in [-0.4, -0.2) is 46.0 Å². The highest BCUT2D eigenvalue weighted by molar-refractivity contribution is 7.90. The van der Waals surface area contributed by atoms with Crippen LogP contribution in [0.4, 0.5) is 0 Å². The SMILES string of the molecule is COc1ccccc1CCNS(=O)(=O)C1CON(C)C1c1cccc(Cl)c1. The van der Waals surface area contributed by atoms with Crippen molar-refractivity contribution in [3.8, 4) is 5.75 Å². The smallest absolute Gasteiger partial charge is 0.218 e. The lowest BCUT2D eigenvalue weighted by atomic mass is 10.0. The van der Waals surface area contributed by atoms with Gasteiger partial charge in [0, 0.05) is 18.6 Å². The van der Waals surface area contributed by atoms with Crippen LogP contribution in [0.1, 0.15) is 17.2 Å². The number of sulfonamides is 1. The molecule has 1 aliphatic heterocycles. The van der Waals surface area contributed by atoms with Gasteiger partial charge < -0.3 is 4.74 Å². The van der Waals surface area contributed by atoms with E-state index in [1.54, 1.807) is 31.4 Å². The summed E-state index contributed by atoms with van der Waals surface area (Å²) in [5.41, 5.74) is 1.76. The van der Waals surface area contributed by atoms with E-state index in [9.17, 15) is 8.42 Å². The van der Waals surface area contributed by atoms with Crippen molar-refractivity contribution in [2.45, 2.75) is 17.7 Å². The van der Waals surface area contributed by atoms with E-state index in [1.165, 1.54) is 0 Å². The zero-order valence-electron chi connectivity index (χ0n) is 15.3. The highest BCUT2D eigenvalue weighted by atomic mass is 35.5. The lowest BCUT2D eigenvalue weighted by Gasteiger charge is -2.23. The monoisotopic (exact) mass is 410 g/mol. The average Bonchev–Trinajstić information content (AvgIpc) is 3.04. The molecule has 6 nitrogen and oxygen atoms in total. The maximum Gasteiger partial charge on any atom is 0.218 e. The lowest BCUT2D eigenvalue weighted by Crippen LogP contribution is -2.40. The fraction of sp³-hybridized carbons (Fsp3) is 0.368. The van der Waals surface area contributed by atoms with Gasteiger partial charge in [0.25, 0.3) is 0 Å². The molecule has 0 bridgehead atoms. The number of hydrogen-bond acceptors (Lipinski definition) is 5. The minimum Gasteiger partial charge on any atom is -0.496 e. The molecule has 27 heavy (non-hydrogen) atoms. The summed E-state index contributed by atoms with van der Waals surface area (Å²) in [7, 11) is -0.260. The van der Waals surface area contributed by atoms with Crippen LogP contribution in [0, 0.1) is 0 Å². The number of nitrogens with zero attached hydrogens (tertiary/aromatic N) is 1. The summed E-state index contributed by atoms with van der Waals surface area (Å²) in [6, 6.07) is 14.3. The molecule has 3 rings (SSSR count). The molecular formula is C19H23ClN2O4S. The van der Waals surface area contributed by atoms with Gasteiger partial charge in [0.05, 0.1) is 19.8 Å². The van der Waals surface area contributed by atoms with Crippen LogP contribution in [0.25, 0.3) is 0 Å². The maximum atomic E-state index is 12.9. The second-order valence-corrected chi connectivity index (χ2v) is 8.80. The largest absolute Gasteiger partial charge is 0.496 e. The Kier molecular flexibility index (Phi) is 6.39. The molecule has 146 valence electrons. The Hall–Kier alpha value is -1.64. The van der Waals surface area contributed by atoms with Crippen LogP contribution in [0.15, 0.2) is 48.5 Å². The van der Waals surface area contributed by atoms with Gasteiger partial charge in [-0.1, -0.05) is 41.9 Å². The Morgan fingerprint density at radius 3 is 2.78 bits per heavy atom. The summed E-state index contributed by atoms with van der Waals surface area (Å²) < 4.78 is 33.8. The molecule has 1 aliphatic rings. The van der Waals surface area contributed by atoms with Gasteiger partial charge in [0.15, 0.2) is 0 Å². The fourth-order valence-electron chi connectivity index (χ4n) is 3.32. The van der Waals surface area contributed by atoms with Gasteiger partial charge in [0.1, 0.15) is 11.0 Å². The van der Waals surface area contributed by atoms with Crippen LogP contribution in [0.5, 0.6) is 5.75 Å². The van der Waals surface area contributed by atoms with Crippen molar-refractivity contribution in [3.05, 3.63) is 64.7 Å². The van der Waals surface area contributed by atoms with Crippen molar-refractivity contribution in [2.75, 3.05) is 27.3 Å². The molecule has 2 unspecified atom stereocenters. The number of hydrogen-bond donors (Lipinski definition) is 1. The van der Waals surface area contributed by atoms with Crippen LogP contribution < -0.4 is 9.46 Å². The molecule has 1 N–H and O–H groups in total. The van der Waals surface area contributed by atoms with Gasteiger partial charge in [-0.25, -0.2) is 13.1 Å². The predicted octanol–water partition coefficient (Wildman–Crippen LogP) is 2.80. The first-order valence-corrected chi connectivity index (χ1v) is 10.6. The van der Waals surface area contributed by atoms with Gasteiger partial charge in [-0.15, -0.1) is 0 Å². The van der Waals surface area contributed by atoms with E-state index in [-0.39, 0.29) is 13.2 Å². The Labute approximate surface area is 165 Å². The minimum atomic E-state index is -3.59. The number of halogens is 1. The number of nitrogens with one attached hydrogen (secondary N) is 1. The summed E-state index contributed by atoms with van der Waals surface area (Å²) >= 11 is 6.08. The molecule has 0 saturated carbocycles. The topological polar surface area (TPSA) is 67.9 Å². The van der Waals surface area contributed by atoms with Crippen molar-refractivity contribution in [2.24, 2.45) is 0 Å². The third kappa shape index (κ3) is 4.62. The lowest BCUT2D eigenvalue weighted by molar-refractivity contribution is -0.110. The van der Waals surface area contributed by atoms with E-state index in [2.05, 4.69) is 4.72 Å². The molecular weight excluding hydrogens is 388 g/mol. The van der Waals surface area contributed by atoms with Crippen LogP contribution in [-0.2, 0) is 21.3 Å². The van der Waals surface area contributed by atoms with E-state index in [0.29, 0.717) is 11.4 Å². The summed E-state index contributed by atoms with van der Waals surface area (Å²) in [6.07, 6.45) is 0.536. The Morgan fingerprint density at radius 2 is 2.04 bits per heavy atom. The number of methoxy groups -OCH3 is 1. The van der Waals surface area contributed by atoms with E-state index >= 15 is 0 Å². The first kappa shape index (κ1) is 20.1. The number of para-hydroxylation sites is 1. The van der Waals surface area contributed by atoms with Gasteiger partial charge >= 0.3 is 0 Å². The van der Waals surface area contributed by atoms with Gasteiger partial charge in [-0.2, -0.15) is 5.06 Å². The highest BCUT2D eigenvalue weighted by Crippen LogP contribution is 2.34. The zero-order valence-corrected chi connectivity index (χ0v) is 16.8. The van der Waals surface area contributed by atoms with E-state index in [0.717, 1.165) is 16.9 Å². The molecule has 2 aromatic carbocycles. The highest BCUT2D eigenvalue weighted by Gasteiger charge is 2.43. The maximum absolute atomic E-state index is 12.9. The molecule has 1 fully saturated rings.